The van der Waals surface area contributed by atoms with Gasteiger partial charge in [0.25, 0.3) is 5.91 Å². The molecule has 0 bridgehead atoms. The summed E-state index contributed by atoms with van der Waals surface area (Å²) in [5.74, 6) is -1.00. The second-order valence-electron chi connectivity index (χ2n) is 7.68. The molecule has 3 aromatic carbocycles. The number of rotatable bonds is 6. The van der Waals surface area contributed by atoms with E-state index in [1.165, 1.54) is 12.1 Å². The van der Waals surface area contributed by atoms with Crippen molar-refractivity contribution < 1.29 is 33.4 Å². The van der Waals surface area contributed by atoms with Gasteiger partial charge in [-0.3, -0.25) is 14.9 Å². The van der Waals surface area contributed by atoms with Crippen molar-refractivity contribution in [2.24, 2.45) is 0 Å². The highest BCUT2D eigenvalue weighted by Gasteiger charge is 2.20. The summed E-state index contributed by atoms with van der Waals surface area (Å²) in [7, 11) is 0. The molecule has 0 aliphatic carbocycles. The van der Waals surface area contributed by atoms with E-state index in [0.717, 1.165) is 5.56 Å². The Balaban J connectivity index is 1.33. The molecule has 3 aromatic rings. The van der Waals surface area contributed by atoms with E-state index in [9.17, 15) is 19.2 Å². The molecule has 3 amide bonds. The molecule has 1 heterocycles. The number of imide groups is 1. The van der Waals surface area contributed by atoms with Crippen molar-refractivity contribution in [2.45, 2.75) is 6.92 Å². The summed E-state index contributed by atoms with van der Waals surface area (Å²) in [6.07, 6.45) is 0. The highest BCUT2D eigenvalue weighted by atomic mass is 16.6. The van der Waals surface area contributed by atoms with E-state index in [1.54, 1.807) is 54.6 Å². The number of esters is 1. The maximum atomic E-state index is 12.9. The second kappa shape index (κ2) is 10.5. The van der Waals surface area contributed by atoms with E-state index < -0.39 is 24.5 Å². The highest BCUT2D eigenvalue weighted by molar-refractivity contribution is 6.14. The van der Waals surface area contributed by atoms with Gasteiger partial charge in [-0.1, -0.05) is 48.0 Å². The number of aryl methyl sites for hydroxylation is 1. The number of benzene rings is 3. The molecule has 1 aliphatic rings. The summed E-state index contributed by atoms with van der Waals surface area (Å²) in [5, 5.41) is 4.58. The lowest BCUT2D eigenvalue weighted by molar-refractivity contribution is -0.123. The number of anilines is 1. The minimum absolute atomic E-state index is 0.0200. The molecule has 4 rings (SSSR count). The van der Waals surface area contributed by atoms with Crippen LogP contribution in [-0.4, -0.2) is 43.5 Å². The van der Waals surface area contributed by atoms with Crippen molar-refractivity contribution in [2.75, 3.05) is 25.1 Å². The first kappa shape index (κ1) is 23.5. The zero-order chi connectivity index (χ0) is 24.8. The third-order valence-electron chi connectivity index (χ3n) is 5.09. The molecule has 178 valence electrons. The van der Waals surface area contributed by atoms with Gasteiger partial charge >= 0.3 is 12.0 Å². The monoisotopic (exact) mass is 474 g/mol. The molecule has 35 heavy (non-hydrogen) atoms. The predicted octanol–water partition coefficient (Wildman–Crippen LogP) is 3.50. The van der Waals surface area contributed by atoms with Crippen molar-refractivity contribution in [1.29, 1.82) is 0 Å². The third-order valence-corrected chi connectivity index (χ3v) is 5.09. The van der Waals surface area contributed by atoms with Crippen LogP contribution in [0.15, 0.2) is 66.7 Å². The van der Waals surface area contributed by atoms with E-state index in [-0.39, 0.29) is 16.9 Å². The molecular weight excluding hydrogens is 452 g/mol. The number of hydrogen-bond donors (Lipinski definition) is 2. The molecule has 0 fully saturated rings. The summed E-state index contributed by atoms with van der Waals surface area (Å²) >= 11 is 0. The Morgan fingerprint density at radius 3 is 2.29 bits per heavy atom. The van der Waals surface area contributed by atoms with Crippen LogP contribution in [0.4, 0.5) is 10.5 Å². The Labute approximate surface area is 201 Å². The normalized spacial score (nSPS) is 11.8. The molecule has 0 saturated carbocycles. The second-order valence-corrected chi connectivity index (χ2v) is 7.68. The fraction of sp³-hybridized carbons (Fsp3) is 0.154. The number of carbonyl (C=O) groups excluding carboxylic acids is 4. The summed E-state index contributed by atoms with van der Waals surface area (Å²) in [6.45, 7) is 2.03. The fourth-order valence-electron chi connectivity index (χ4n) is 3.37. The van der Waals surface area contributed by atoms with E-state index in [0.29, 0.717) is 36.0 Å². The van der Waals surface area contributed by atoms with Gasteiger partial charge in [0, 0.05) is 22.9 Å². The van der Waals surface area contributed by atoms with Crippen LogP contribution in [0.2, 0.25) is 0 Å². The van der Waals surface area contributed by atoms with Crippen molar-refractivity contribution in [3.63, 3.8) is 0 Å². The largest absolute Gasteiger partial charge is 0.486 e. The number of ether oxygens (including phenoxy) is 3. The molecule has 0 radical (unpaired) electrons. The van der Waals surface area contributed by atoms with Crippen LogP contribution in [0, 0.1) is 6.92 Å². The molecule has 2 N–H and O–H groups in total. The van der Waals surface area contributed by atoms with Crippen LogP contribution < -0.4 is 20.1 Å². The Morgan fingerprint density at radius 2 is 1.54 bits per heavy atom. The smallest absolute Gasteiger partial charge is 0.339 e. The van der Waals surface area contributed by atoms with E-state index in [2.05, 4.69) is 10.6 Å². The van der Waals surface area contributed by atoms with Gasteiger partial charge in [0.15, 0.2) is 23.9 Å². The molecule has 9 nitrogen and oxygen atoms in total. The molecule has 1 aliphatic heterocycles. The molecule has 0 saturated heterocycles. The minimum atomic E-state index is -0.858. The predicted molar refractivity (Wildman–Crippen MR) is 126 cm³/mol. The molecule has 9 heteroatoms. The number of urea groups is 1. The number of amides is 3. The highest BCUT2D eigenvalue weighted by Crippen LogP contribution is 2.32. The molecule has 0 spiro atoms. The summed E-state index contributed by atoms with van der Waals surface area (Å²) < 4.78 is 15.9. The Kier molecular flexibility index (Phi) is 7.06. The first-order chi connectivity index (χ1) is 16.9. The molecule has 0 unspecified atom stereocenters. The van der Waals surface area contributed by atoms with E-state index in [4.69, 9.17) is 14.2 Å². The van der Waals surface area contributed by atoms with Crippen LogP contribution in [0.25, 0.3) is 0 Å². The van der Waals surface area contributed by atoms with Gasteiger partial charge in [0.05, 0.1) is 5.56 Å². The maximum absolute atomic E-state index is 12.9. The van der Waals surface area contributed by atoms with Gasteiger partial charge in [-0.05, 0) is 25.1 Å². The zero-order valence-electron chi connectivity index (χ0n) is 18.8. The Morgan fingerprint density at radius 1 is 0.857 bits per heavy atom. The SMILES string of the molecule is Cc1ccc(C(=O)c2ccccc2C(=O)OCC(=O)NC(=O)Nc2ccc3c(c2)OCCO3)cc1. The average Bonchev–Trinajstić information content (AvgIpc) is 2.87. The standard InChI is InChI=1S/C26H22N2O7/c1-16-6-8-17(9-7-16)24(30)19-4-2-3-5-20(19)25(31)35-15-23(29)28-26(32)27-18-10-11-21-22(14-18)34-13-12-33-21/h2-11,14H,12-13,15H2,1H3,(H2,27,28,29,32). The number of ketones is 1. The topological polar surface area (TPSA) is 120 Å². The summed E-state index contributed by atoms with van der Waals surface area (Å²) in [4.78, 5) is 49.7. The number of carbonyl (C=O) groups is 4. The van der Waals surface area contributed by atoms with Gasteiger partial charge in [-0.15, -0.1) is 0 Å². The van der Waals surface area contributed by atoms with Gasteiger partial charge in [-0.25, -0.2) is 9.59 Å². The Hall–Kier alpha value is -4.66. The minimum Gasteiger partial charge on any atom is -0.486 e. The first-order valence-corrected chi connectivity index (χ1v) is 10.8. The molecule has 0 aromatic heterocycles. The molecular formula is C26H22N2O7. The molecule has 0 atom stereocenters. The third kappa shape index (κ3) is 5.83. The van der Waals surface area contributed by atoms with Crippen LogP contribution in [0.5, 0.6) is 11.5 Å². The zero-order valence-corrected chi connectivity index (χ0v) is 18.8. The van der Waals surface area contributed by atoms with Gasteiger partial charge < -0.3 is 19.5 Å². The quantitative estimate of drug-likeness (QED) is 0.414. The van der Waals surface area contributed by atoms with Crippen LogP contribution >= 0.6 is 0 Å². The maximum Gasteiger partial charge on any atom is 0.339 e. The van der Waals surface area contributed by atoms with Crippen molar-refractivity contribution in [3.05, 3.63) is 89.0 Å². The summed E-state index contributed by atoms with van der Waals surface area (Å²) in [6, 6.07) is 17.1. The number of hydrogen-bond acceptors (Lipinski definition) is 7. The first-order valence-electron chi connectivity index (χ1n) is 10.8. The van der Waals surface area contributed by atoms with Crippen molar-refractivity contribution in [1.82, 2.24) is 5.32 Å². The number of fused-ring (bicyclic) bond motifs is 1. The van der Waals surface area contributed by atoms with Crippen molar-refractivity contribution in [3.8, 4) is 11.5 Å². The van der Waals surface area contributed by atoms with Crippen LogP contribution in [-0.2, 0) is 9.53 Å². The lowest BCUT2D eigenvalue weighted by atomic mass is 9.98. The van der Waals surface area contributed by atoms with E-state index >= 15 is 0 Å². The lowest BCUT2D eigenvalue weighted by Crippen LogP contribution is -2.37. The van der Waals surface area contributed by atoms with Crippen LogP contribution in [0.3, 0.4) is 0 Å². The average molecular weight is 474 g/mol. The van der Waals surface area contributed by atoms with Gasteiger partial charge in [0.1, 0.15) is 13.2 Å². The van der Waals surface area contributed by atoms with Gasteiger partial charge in [0.2, 0.25) is 0 Å². The van der Waals surface area contributed by atoms with E-state index in [1.807, 2.05) is 6.92 Å². The number of nitrogens with one attached hydrogen (secondary N) is 2. The van der Waals surface area contributed by atoms with Gasteiger partial charge in [-0.2, -0.15) is 0 Å². The Bertz CT molecular complexity index is 1290. The van der Waals surface area contributed by atoms with Crippen molar-refractivity contribution >= 4 is 29.4 Å². The lowest BCUT2D eigenvalue weighted by Gasteiger charge is -2.19. The van der Waals surface area contributed by atoms with Crippen LogP contribution in [0.1, 0.15) is 31.8 Å². The fourth-order valence-corrected chi connectivity index (χ4v) is 3.37. The summed E-state index contributed by atoms with van der Waals surface area (Å²) in [5.41, 5.74) is 1.98.